The molecule has 1 heterocycles. The van der Waals surface area contributed by atoms with E-state index in [-0.39, 0.29) is 12.5 Å². The summed E-state index contributed by atoms with van der Waals surface area (Å²) >= 11 is 0. The van der Waals surface area contributed by atoms with Gasteiger partial charge in [0.05, 0.1) is 5.52 Å². The Morgan fingerprint density at radius 1 is 1.03 bits per heavy atom. The number of aromatic nitrogens is 3. The smallest absolute Gasteiger partial charge is 0.249 e. The van der Waals surface area contributed by atoms with Gasteiger partial charge in [-0.15, -0.1) is 5.10 Å². The number of hydrogen-bond acceptors (Lipinski definition) is 4. The van der Waals surface area contributed by atoms with E-state index in [4.69, 9.17) is 0 Å². The van der Waals surface area contributed by atoms with E-state index < -0.39 is 17.8 Å². The van der Waals surface area contributed by atoms with Gasteiger partial charge in [-0.1, -0.05) is 67.6 Å². The van der Waals surface area contributed by atoms with E-state index in [0.29, 0.717) is 40.3 Å². The van der Waals surface area contributed by atoms with Gasteiger partial charge in [-0.3, -0.25) is 14.5 Å². The number of aryl methyl sites for hydroxylation is 1. The number of rotatable bonds is 9. The van der Waals surface area contributed by atoms with Gasteiger partial charge in [0.1, 0.15) is 23.9 Å². The van der Waals surface area contributed by atoms with Crippen LogP contribution in [0.15, 0.2) is 72.8 Å². The molecule has 0 aliphatic heterocycles. The maximum absolute atomic E-state index is 14.7. The predicted octanol–water partition coefficient (Wildman–Crippen LogP) is 4.82. The van der Waals surface area contributed by atoms with E-state index in [1.807, 2.05) is 42.5 Å². The minimum atomic E-state index is -0.997. The molecule has 186 valence electrons. The van der Waals surface area contributed by atoms with E-state index in [1.165, 1.54) is 15.6 Å². The molecule has 0 aliphatic rings. The largest absolute Gasteiger partial charge is 0.354 e. The van der Waals surface area contributed by atoms with Crippen molar-refractivity contribution in [2.24, 2.45) is 5.92 Å². The van der Waals surface area contributed by atoms with Crippen LogP contribution in [0, 0.1) is 18.7 Å². The zero-order valence-electron chi connectivity index (χ0n) is 20.7. The van der Waals surface area contributed by atoms with Crippen molar-refractivity contribution < 1.29 is 14.0 Å². The number of nitrogens with one attached hydrogen (secondary N) is 1. The van der Waals surface area contributed by atoms with Crippen LogP contribution in [-0.4, -0.2) is 33.4 Å². The van der Waals surface area contributed by atoms with Crippen LogP contribution in [-0.2, 0) is 16.1 Å². The lowest BCUT2D eigenvalue weighted by Crippen LogP contribution is -2.45. The first kappa shape index (κ1) is 25.0. The van der Waals surface area contributed by atoms with Gasteiger partial charge in [0, 0.05) is 12.2 Å². The maximum Gasteiger partial charge on any atom is 0.249 e. The van der Waals surface area contributed by atoms with Gasteiger partial charge in [-0.05, 0) is 54.7 Å². The lowest BCUT2D eigenvalue weighted by atomic mass is 10.0. The molecular weight excluding hydrogens is 457 g/mol. The van der Waals surface area contributed by atoms with Crippen molar-refractivity contribution in [1.29, 1.82) is 0 Å². The third kappa shape index (κ3) is 5.59. The van der Waals surface area contributed by atoms with Crippen LogP contribution in [0.2, 0.25) is 0 Å². The van der Waals surface area contributed by atoms with Crippen molar-refractivity contribution in [3.05, 3.63) is 89.7 Å². The Morgan fingerprint density at radius 2 is 1.75 bits per heavy atom. The fourth-order valence-electron chi connectivity index (χ4n) is 4.04. The van der Waals surface area contributed by atoms with Crippen LogP contribution in [0.4, 0.5) is 10.1 Å². The second kappa shape index (κ2) is 11.1. The highest BCUT2D eigenvalue weighted by molar-refractivity contribution is 6.01. The first-order chi connectivity index (χ1) is 17.3. The molecule has 0 unspecified atom stereocenters. The van der Waals surface area contributed by atoms with Crippen molar-refractivity contribution >= 4 is 28.5 Å². The number of para-hydroxylation sites is 1. The van der Waals surface area contributed by atoms with Crippen LogP contribution in [0.25, 0.3) is 11.0 Å². The Morgan fingerprint density at radius 3 is 2.47 bits per heavy atom. The average Bonchev–Trinajstić information content (AvgIpc) is 3.27. The number of nitrogens with zero attached hydrogens (tertiary/aromatic N) is 4. The van der Waals surface area contributed by atoms with Crippen molar-refractivity contribution in [3.8, 4) is 0 Å². The van der Waals surface area contributed by atoms with E-state index >= 15 is 0 Å². The molecular formula is C28H30FN5O2. The molecule has 0 bridgehead atoms. The number of hydrogen-bond donors (Lipinski definition) is 1. The molecule has 0 fully saturated rings. The SMILES string of the molecule is Cc1ccc(N(C(=O)Cn2nnc3ccccc32)[C@@H](C(=O)NCCC(C)C)c2ccccc2)cc1F. The number of benzene rings is 3. The zero-order valence-corrected chi connectivity index (χ0v) is 20.7. The second-order valence-corrected chi connectivity index (χ2v) is 9.22. The number of amides is 2. The molecule has 0 radical (unpaired) electrons. The molecule has 36 heavy (non-hydrogen) atoms. The average molecular weight is 488 g/mol. The Balaban J connectivity index is 1.77. The summed E-state index contributed by atoms with van der Waals surface area (Å²) < 4.78 is 16.2. The molecule has 1 N–H and O–H groups in total. The minimum absolute atomic E-state index is 0.168. The predicted molar refractivity (Wildman–Crippen MR) is 138 cm³/mol. The van der Waals surface area contributed by atoms with Gasteiger partial charge in [-0.25, -0.2) is 9.07 Å². The number of carbonyl (C=O) groups excluding carboxylic acids is 2. The highest BCUT2D eigenvalue weighted by Gasteiger charge is 2.33. The van der Waals surface area contributed by atoms with Gasteiger partial charge in [0.2, 0.25) is 11.8 Å². The standard InChI is InChI=1S/C28H30FN5O2/c1-19(2)15-16-30-28(36)27(21-9-5-4-6-10-21)34(22-14-13-20(3)23(29)17-22)26(35)18-33-25-12-8-7-11-24(25)31-32-33/h4-14,17,19,27H,15-16,18H2,1-3H3,(H,30,36)/t27-/m1/s1. The first-order valence-corrected chi connectivity index (χ1v) is 12.0. The highest BCUT2D eigenvalue weighted by Crippen LogP contribution is 2.30. The monoisotopic (exact) mass is 487 g/mol. The van der Waals surface area contributed by atoms with Crippen LogP contribution < -0.4 is 10.2 Å². The number of fused-ring (bicyclic) bond motifs is 1. The molecule has 4 aromatic rings. The highest BCUT2D eigenvalue weighted by atomic mass is 19.1. The van der Waals surface area contributed by atoms with E-state index in [1.54, 1.807) is 31.2 Å². The molecule has 0 saturated heterocycles. The van der Waals surface area contributed by atoms with Gasteiger partial charge in [-0.2, -0.15) is 0 Å². The van der Waals surface area contributed by atoms with Crippen molar-refractivity contribution in [2.45, 2.75) is 39.8 Å². The van der Waals surface area contributed by atoms with Crippen molar-refractivity contribution in [1.82, 2.24) is 20.3 Å². The Labute approximate surface area is 209 Å². The number of halogens is 1. The number of carbonyl (C=O) groups is 2. The van der Waals surface area contributed by atoms with E-state index in [2.05, 4.69) is 29.5 Å². The fraction of sp³-hybridized carbons (Fsp3) is 0.286. The molecule has 1 aromatic heterocycles. The molecule has 0 saturated carbocycles. The summed E-state index contributed by atoms with van der Waals surface area (Å²) in [7, 11) is 0. The summed E-state index contributed by atoms with van der Waals surface area (Å²) in [6.45, 7) is 6.11. The molecule has 0 spiro atoms. The summed E-state index contributed by atoms with van der Waals surface area (Å²) in [5.74, 6) is -0.796. The fourth-order valence-corrected chi connectivity index (χ4v) is 4.04. The Hall–Kier alpha value is -4.07. The van der Waals surface area contributed by atoms with E-state index in [0.717, 1.165) is 6.42 Å². The van der Waals surface area contributed by atoms with Crippen LogP contribution in [0.3, 0.4) is 0 Å². The Kier molecular flexibility index (Phi) is 7.73. The normalized spacial score (nSPS) is 12.0. The van der Waals surface area contributed by atoms with Gasteiger partial charge < -0.3 is 5.32 Å². The van der Waals surface area contributed by atoms with Crippen LogP contribution in [0.5, 0.6) is 0 Å². The summed E-state index contributed by atoms with van der Waals surface area (Å²) in [5, 5.41) is 11.2. The Bertz CT molecular complexity index is 1350. The second-order valence-electron chi connectivity index (χ2n) is 9.22. The maximum atomic E-state index is 14.7. The van der Waals surface area contributed by atoms with Gasteiger partial charge >= 0.3 is 0 Å². The zero-order chi connectivity index (χ0) is 25.7. The molecule has 0 aliphatic carbocycles. The summed E-state index contributed by atoms with van der Waals surface area (Å²) in [5.41, 5.74) is 2.71. The molecule has 7 nitrogen and oxygen atoms in total. The van der Waals surface area contributed by atoms with Gasteiger partial charge in [0.25, 0.3) is 0 Å². The van der Waals surface area contributed by atoms with Crippen LogP contribution in [0.1, 0.15) is 37.4 Å². The summed E-state index contributed by atoms with van der Waals surface area (Å²) in [6, 6.07) is 19.9. The molecule has 3 aromatic carbocycles. The quantitative estimate of drug-likeness (QED) is 0.367. The van der Waals surface area contributed by atoms with Crippen LogP contribution >= 0.6 is 0 Å². The molecule has 1 atom stereocenters. The lowest BCUT2D eigenvalue weighted by molar-refractivity contribution is -0.127. The molecule has 8 heteroatoms. The topological polar surface area (TPSA) is 80.1 Å². The van der Waals surface area contributed by atoms with Crippen molar-refractivity contribution in [3.63, 3.8) is 0 Å². The van der Waals surface area contributed by atoms with E-state index in [9.17, 15) is 14.0 Å². The van der Waals surface area contributed by atoms with Gasteiger partial charge in [0.15, 0.2) is 0 Å². The first-order valence-electron chi connectivity index (χ1n) is 12.0. The van der Waals surface area contributed by atoms with Crippen molar-refractivity contribution in [2.75, 3.05) is 11.4 Å². The molecule has 4 rings (SSSR count). The third-order valence-electron chi connectivity index (χ3n) is 6.05. The lowest BCUT2D eigenvalue weighted by Gasteiger charge is -2.32. The molecule has 2 amide bonds. The minimum Gasteiger partial charge on any atom is -0.354 e. The summed E-state index contributed by atoms with van der Waals surface area (Å²) in [4.78, 5) is 28.8. The third-order valence-corrected chi connectivity index (χ3v) is 6.05. The summed E-state index contributed by atoms with van der Waals surface area (Å²) in [6.07, 6.45) is 0.797. The number of anilines is 1.